The topological polar surface area (TPSA) is 105 Å². The monoisotopic (exact) mass is 452 g/mol. The predicted octanol–water partition coefficient (Wildman–Crippen LogP) is 2.38. The lowest BCUT2D eigenvalue weighted by Crippen LogP contribution is -2.48. The highest BCUT2D eigenvalue weighted by molar-refractivity contribution is 5.88. The number of fused-ring (bicyclic) bond motifs is 3. The first-order chi connectivity index (χ1) is 15.9. The van der Waals surface area contributed by atoms with Crippen LogP contribution < -0.4 is 10.9 Å². The number of amides is 1. The average molecular weight is 452 g/mol. The van der Waals surface area contributed by atoms with E-state index in [0.29, 0.717) is 31.9 Å². The Morgan fingerprint density at radius 3 is 2.67 bits per heavy atom. The maximum atomic E-state index is 13.3. The van der Waals surface area contributed by atoms with Crippen LogP contribution in [0, 0.1) is 0 Å². The van der Waals surface area contributed by atoms with Crippen LogP contribution in [0.1, 0.15) is 41.8 Å². The van der Waals surface area contributed by atoms with Crippen LogP contribution in [-0.2, 0) is 48.3 Å². The van der Waals surface area contributed by atoms with Crippen LogP contribution in [0.2, 0.25) is 0 Å². The molecule has 2 aromatic rings. The summed E-state index contributed by atoms with van der Waals surface area (Å²) in [5.74, 6) is -1.87. The van der Waals surface area contributed by atoms with Crippen molar-refractivity contribution in [1.29, 1.82) is 0 Å². The SMILES string of the molecule is C=C[C@@]1(OC(=O)N[C@H](C)c2ccccc2)C(=O)OCc2c1cc1n(c2=O)CCC12OCCO2. The first kappa shape index (κ1) is 21.4. The molecule has 1 aromatic heterocycles. The van der Waals surface area contributed by atoms with Gasteiger partial charge in [-0.1, -0.05) is 36.9 Å². The molecule has 33 heavy (non-hydrogen) atoms. The fourth-order valence-electron chi connectivity index (χ4n) is 4.70. The fourth-order valence-corrected chi connectivity index (χ4v) is 4.70. The molecule has 3 aliphatic heterocycles. The first-order valence-electron chi connectivity index (χ1n) is 10.8. The number of hydrogen-bond donors (Lipinski definition) is 1. The quantitative estimate of drug-likeness (QED) is 0.561. The predicted molar refractivity (Wildman–Crippen MR) is 115 cm³/mol. The van der Waals surface area contributed by atoms with Gasteiger partial charge in [-0.3, -0.25) is 4.79 Å². The molecule has 0 radical (unpaired) electrons. The lowest BCUT2D eigenvalue weighted by Gasteiger charge is -2.35. The summed E-state index contributed by atoms with van der Waals surface area (Å²) in [5, 5.41) is 2.72. The van der Waals surface area contributed by atoms with Crippen molar-refractivity contribution >= 4 is 12.1 Å². The second-order valence-electron chi connectivity index (χ2n) is 8.26. The third kappa shape index (κ3) is 3.27. The number of benzene rings is 1. The largest absolute Gasteiger partial charge is 0.457 e. The third-order valence-electron chi connectivity index (χ3n) is 6.43. The van der Waals surface area contributed by atoms with Crippen LogP contribution >= 0.6 is 0 Å². The number of aromatic nitrogens is 1. The van der Waals surface area contributed by atoms with E-state index in [4.69, 9.17) is 18.9 Å². The molecule has 9 heteroatoms. The molecular weight excluding hydrogens is 428 g/mol. The minimum Gasteiger partial charge on any atom is -0.457 e. The Labute approximate surface area is 189 Å². The van der Waals surface area contributed by atoms with E-state index < -0.39 is 23.5 Å². The number of nitrogens with zero attached hydrogens (tertiary/aromatic N) is 1. The maximum Gasteiger partial charge on any atom is 0.409 e. The molecule has 5 rings (SSSR count). The zero-order valence-corrected chi connectivity index (χ0v) is 18.2. The number of carbonyl (C=O) groups excluding carboxylic acids is 2. The summed E-state index contributed by atoms with van der Waals surface area (Å²) in [4.78, 5) is 39.1. The number of cyclic esters (lactones) is 1. The number of esters is 1. The molecule has 1 N–H and O–H groups in total. The van der Waals surface area contributed by atoms with Crippen LogP contribution in [-0.4, -0.2) is 29.8 Å². The van der Waals surface area contributed by atoms with E-state index in [1.807, 2.05) is 30.3 Å². The molecule has 9 nitrogen and oxygen atoms in total. The van der Waals surface area contributed by atoms with Crippen LogP contribution in [0.4, 0.5) is 4.79 Å². The van der Waals surface area contributed by atoms with Crippen LogP contribution in [0.25, 0.3) is 0 Å². The zero-order chi connectivity index (χ0) is 23.2. The highest BCUT2D eigenvalue weighted by Gasteiger charge is 2.52. The number of nitrogens with one attached hydrogen (secondary N) is 1. The lowest BCUT2D eigenvalue weighted by atomic mass is 9.87. The number of ether oxygens (including phenoxy) is 4. The van der Waals surface area contributed by atoms with Gasteiger partial charge in [0.05, 0.1) is 30.5 Å². The summed E-state index contributed by atoms with van der Waals surface area (Å²) in [7, 11) is 0. The van der Waals surface area contributed by atoms with Gasteiger partial charge in [0, 0.05) is 18.5 Å². The summed E-state index contributed by atoms with van der Waals surface area (Å²) >= 11 is 0. The molecule has 3 aliphatic rings. The van der Waals surface area contributed by atoms with Crippen LogP contribution in [0.5, 0.6) is 0 Å². The minimum atomic E-state index is -1.98. The molecule has 1 fully saturated rings. The summed E-state index contributed by atoms with van der Waals surface area (Å²) in [6.07, 6.45) is 0.811. The van der Waals surface area contributed by atoms with Crippen molar-refractivity contribution in [3.63, 3.8) is 0 Å². The second-order valence-corrected chi connectivity index (χ2v) is 8.26. The van der Waals surface area contributed by atoms with E-state index in [-0.39, 0.29) is 29.3 Å². The standard InChI is InChI=1S/C24H24N2O7/c1-3-23(33-22(29)25-15(2)16-7-5-4-6-8-16)18-13-19-24(31-11-12-32-24)9-10-26(19)20(27)17(18)14-30-21(23)28/h3-8,13,15H,1,9-12,14H2,2H3,(H,25,29)/t15-,23+/m1/s1. The van der Waals surface area contributed by atoms with Gasteiger partial charge in [-0.25, -0.2) is 9.59 Å². The highest BCUT2D eigenvalue weighted by Crippen LogP contribution is 2.43. The molecule has 1 saturated heterocycles. The molecule has 0 saturated carbocycles. The van der Waals surface area contributed by atoms with E-state index in [9.17, 15) is 14.4 Å². The van der Waals surface area contributed by atoms with Gasteiger partial charge in [0.25, 0.3) is 11.2 Å². The van der Waals surface area contributed by atoms with Gasteiger partial charge in [0.2, 0.25) is 5.79 Å². The first-order valence-corrected chi connectivity index (χ1v) is 10.8. The molecule has 1 amide bonds. The summed E-state index contributed by atoms with van der Waals surface area (Å²) in [6, 6.07) is 10.6. The van der Waals surface area contributed by atoms with Gasteiger partial charge < -0.3 is 28.8 Å². The normalized spacial score (nSPS) is 23.4. The molecule has 1 aromatic carbocycles. The lowest BCUT2D eigenvalue weighted by molar-refractivity contribution is -0.167. The van der Waals surface area contributed by atoms with Gasteiger partial charge in [-0.2, -0.15) is 0 Å². The summed E-state index contributed by atoms with van der Waals surface area (Å²) < 4.78 is 24.2. The van der Waals surface area contributed by atoms with Crippen molar-refractivity contribution in [2.75, 3.05) is 13.2 Å². The Morgan fingerprint density at radius 1 is 1.24 bits per heavy atom. The van der Waals surface area contributed by atoms with Crippen molar-refractivity contribution in [1.82, 2.24) is 9.88 Å². The van der Waals surface area contributed by atoms with Crippen molar-refractivity contribution in [3.8, 4) is 0 Å². The number of hydrogen-bond acceptors (Lipinski definition) is 7. The molecule has 0 bridgehead atoms. The number of rotatable bonds is 4. The van der Waals surface area contributed by atoms with Gasteiger partial charge >= 0.3 is 12.1 Å². The van der Waals surface area contributed by atoms with Crippen molar-refractivity contribution in [3.05, 3.63) is 81.8 Å². The number of carbonyl (C=O) groups is 2. The smallest absolute Gasteiger partial charge is 0.409 e. The Hall–Kier alpha value is -3.43. The van der Waals surface area contributed by atoms with Crippen molar-refractivity contribution in [2.24, 2.45) is 0 Å². The molecule has 0 aliphatic carbocycles. The number of alkyl carbamates (subject to hydrolysis) is 1. The minimum absolute atomic E-state index is 0.216. The van der Waals surface area contributed by atoms with E-state index in [1.165, 1.54) is 6.08 Å². The Morgan fingerprint density at radius 2 is 1.97 bits per heavy atom. The third-order valence-corrected chi connectivity index (χ3v) is 6.43. The van der Waals surface area contributed by atoms with Gasteiger partial charge in [-0.15, -0.1) is 0 Å². The fraction of sp³-hybridized carbons (Fsp3) is 0.375. The van der Waals surface area contributed by atoms with Crippen molar-refractivity contribution < 1.29 is 28.5 Å². The summed E-state index contributed by atoms with van der Waals surface area (Å²) in [6.45, 7) is 6.51. The van der Waals surface area contributed by atoms with Crippen molar-refractivity contribution in [2.45, 2.75) is 43.9 Å². The molecule has 4 heterocycles. The van der Waals surface area contributed by atoms with E-state index in [2.05, 4.69) is 11.9 Å². The molecular formula is C24H24N2O7. The Kier molecular flexibility index (Phi) is 5.10. The van der Waals surface area contributed by atoms with Gasteiger partial charge in [0.15, 0.2) is 0 Å². The number of pyridine rings is 1. The second kappa shape index (κ2) is 7.86. The van der Waals surface area contributed by atoms with Gasteiger partial charge in [-0.05, 0) is 24.6 Å². The van der Waals surface area contributed by atoms with Gasteiger partial charge in [0.1, 0.15) is 6.61 Å². The molecule has 1 spiro atoms. The average Bonchev–Trinajstić information content (AvgIpc) is 3.44. The molecule has 172 valence electrons. The van der Waals surface area contributed by atoms with E-state index in [0.717, 1.165) is 5.56 Å². The van der Waals surface area contributed by atoms with E-state index in [1.54, 1.807) is 17.6 Å². The molecule has 2 atom stereocenters. The summed E-state index contributed by atoms with van der Waals surface area (Å²) in [5.41, 5.74) is -0.511. The zero-order valence-electron chi connectivity index (χ0n) is 18.2. The molecule has 0 unspecified atom stereocenters. The Balaban J connectivity index is 1.53. The maximum absolute atomic E-state index is 13.3. The Bertz CT molecular complexity index is 1180. The van der Waals surface area contributed by atoms with E-state index >= 15 is 0 Å². The highest BCUT2D eigenvalue weighted by atomic mass is 16.7. The van der Waals surface area contributed by atoms with Crippen LogP contribution in [0.3, 0.4) is 0 Å². The van der Waals surface area contributed by atoms with Crippen LogP contribution in [0.15, 0.2) is 53.8 Å².